The molecule has 3 atom stereocenters. The first-order valence-electron chi connectivity index (χ1n) is 15.8. The number of rotatable bonds is 15. The molecule has 1 saturated carbocycles. The molecule has 49 heavy (non-hydrogen) atoms. The van der Waals surface area contributed by atoms with E-state index in [1.807, 2.05) is 25.9 Å². The van der Waals surface area contributed by atoms with Gasteiger partial charge in [-0.3, -0.25) is 19.3 Å². The third-order valence-electron chi connectivity index (χ3n) is 8.05. The van der Waals surface area contributed by atoms with E-state index in [9.17, 15) is 19.2 Å². The third kappa shape index (κ3) is 10.4. The molecule has 2 aromatic rings. The number of aromatic nitrogens is 5. The average Bonchev–Trinajstić information content (AvgIpc) is 3.69. The minimum absolute atomic E-state index is 0. The Kier molecular flexibility index (Phi) is 15.9. The molecule has 2 amide bonds. The number of halogens is 2. The van der Waals surface area contributed by atoms with Crippen LogP contribution in [0.3, 0.4) is 0 Å². The van der Waals surface area contributed by atoms with Gasteiger partial charge in [0.1, 0.15) is 17.1 Å². The molecule has 0 radical (unpaired) electrons. The molecule has 0 bridgehead atoms. The highest BCUT2D eigenvalue weighted by Gasteiger charge is 2.54. The summed E-state index contributed by atoms with van der Waals surface area (Å²) in [5.74, 6) is -1.38. The Morgan fingerprint density at radius 2 is 1.94 bits per heavy atom. The lowest BCUT2D eigenvalue weighted by atomic mass is 9.89. The molecular formula is C29H43Cl2N9O6S3. The van der Waals surface area contributed by atoms with Crippen molar-refractivity contribution < 1.29 is 28.7 Å². The number of hydrogen-bond donors (Lipinski definition) is 2. The van der Waals surface area contributed by atoms with Crippen LogP contribution in [0, 0.1) is 5.92 Å². The van der Waals surface area contributed by atoms with Crippen molar-refractivity contribution in [3.05, 3.63) is 22.3 Å². The second-order valence-corrected chi connectivity index (χ2v) is 14.9. The summed E-state index contributed by atoms with van der Waals surface area (Å²) in [5, 5.41) is 17.0. The molecule has 20 heteroatoms. The largest absolute Gasteiger partial charge is 0.425 e. The molecule has 15 nitrogen and oxygen atoms in total. The van der Waals surface area contributed by atoms with Crippen molar-refractivity contribution in [3.8, 4) is 0 Å². The Bertz CT molecular complexity index is 1490. The smallest absolute Gasteiger partial charge is 0.358 e. The summed E-state index contributed by atoms with van der Waals surface area (Å²) < 4.78 is 13.3. The van der Waals surface area contributed by atoms with Crippen molar-refractivity contribution in [1.29, 1.82) is 0 Å². The van der Waals surface area contributed by atoms with E-state index in [1.165, 1.54) is 39.8 Å². The van der Waals surface area contributed by atoms with E-state index in [2.05, 4.69) is 25.8 Å². The number of thiazole rings is 1. The second kappa shape index (κ2) is 19.1. The number of fused-ring (bicyclic) bond motifs is 1. The predicted octanol–water partition coefficient (Wildman–Crippen LogP) is 2.90. The highest BCUT2D eigenvalue weighted by atomic mass is 35.5. The Hall–Kier alpha value is -2.64. The fourth-order valence-electron chi connectivity index (χ4n) is 5.58. The number of likely N-dealkylation sites (N-methyl/N-ethyl adjacent to an activating group) is 1. The number of thioether (sulfide) groups is 2. The van der Waals surface area contributed by atoms with E-state index < -0.39 is 29.6 Å². The van der Waals surface area contributed by atoms with E-state index in [1.54, 1.807) is 10.1 Å². The van der Waals surface area contributed by atoms with Crippen LogP contribution in [-0.4, -0.2) is 109 Å². The number of anilines is 1. The monoisotopic (exact) mass is 779 g/mol. The van der Waals surface area contributed by atoms with Crippen LogP contribution in [0.4, 0.5) is 5.13 Å². The number of nitrogen functional groups attached to an aromatic ring is 1. The first kappa shape index (κ1) is 40.8. The van der Waals surface area contributed by atoms with Crippen molar-refractivity contribution in [3.63, 3.8) is 0 Å². The predicted molar refractivity (Wildman–Crippen MR) is 191 cm³/mol. The second-order valence-electron chi connectivity index (χ2n) is 11.9. The number of hydrogen-bond acceptors (Lipinski definition) is 15. The Balaban J connectivity index is 0.00000325. The molecule has 3 N–H and O–H groups in total. The number of carbonyl (C=O) groups excluding carboxylic acids is 4. The van der Waals surface area contributed by atoms with Crippen LogP contribution < -0.4 is 11.1 Å². The number of esters is 2. The number of carbonyl (C=O) groups is 4. The van der Waals surface area contributed by atoms with E-state index in [4.69, 9.17) is 15.2 Å². The van der Waals surface area contributed by atoms with E-state index in [0.29, 0.717) is 52.4 Å². The van der Waals surface area contributed by atoms with Crippen molar-refractivity contribution in [2.24, 2.45) is 5.92 Å². The van der Waals surface area contributed by atoms with Crippen LogP contribution in [0.1, 0.15) is 57.6 Å². The number of nitrogens with one attached hydrogen (secondary N) is 1. The van der Waals surface area contributed by atoms with Crippen LogP contribution in [0.5, 0.6) is 0 Å². The Labute approximate surface area is 310 Å². The highest BCUT2D eigenvalue weighted by Crippen LogP contribution is 2.42. The average molecular weight is 781 g/mol. The molecule has 1 aliphatic carbocycles. The van der Waals surface area contributed by atoms with E-state index in [-0.39, 0.29) is 54.7 Å². The molecule has 272 valence electrons. The van der Waals surface area contributed by atoms with Crippen molar-refractivity contribution >= 4 is 88.6 Å². The molecule has 4 heterocycles. The quantitative estimate of drug-likeness (QED) is 0.116. The number of ether oxygens (including phenoxy) is 2. The van der Waals surface area contributed by atoms with Gasteiger partial charge < -0.3 is 25.4 Å². The minimum atomic E-state index is -1.08. The summed E-state index contributed by atoms with van der Waals surface area (Å²) in [6, 6.07) is -0.825. The van der Waals surface area contributed by atoms with Gasteiger partial charge in [0.15, 0.2) is 5.13 Å². The zero-order chi connectivity index (χ0) is 33.5. The summed E-state index contributed by atoms with van der Waals surface area (Å²) in [4.78, 5) is 60.8. The van der Waals surface area contributed by atoms with Crippen molar-refractivity contribution in [2.45, 2.75) is 87.7 Å². The lowest BCUT2D eigenvalue weighted by Gasteiger charge is -2.49. The molecule has 0 aromatic carbocycles. The van der Waals surface area contributed by atoms with Gasteiger partial charge in [-0.1, -0.05) is 37.9 Å². The topological polar surface area (TPSA) is 188 Å². The third-order valence-corrected chi connectivity index (χ3v) is 11.2. The Morgan fingerprint density at radius 1 is 1.18 bits per heavy atom. The highest BCUT2D eigenvalue weighted by molar-refractivity contribution is 8.01. The number of tetrazole rings is 1. The molecule has 2 aromatic heterocycles. The number of amides is 2. The van der Waals surface area contributed by atoms with Crippen molar-refractivity contribution in [1.82, 2.24) is 40.3 Å². The first-order chi connectivity index (χ1) is 22.6. The van der Waals surface area contributed by atoms with Crippen LogP contribution in [0.2, 0.25) is 0 Å². The molecule has 1 unspecified atom stereocenters. The van der Waals surface area contributed by atoms with Gasteiger partial charge in [0, 0.05) is 29.9 Å². The van der Waals surface area contributed by atoms with Gasteiger partial charge in [-0.25, -0.2) is 14.5 Å². The van der Waals surface area contributed by atoms with E-state index in [0.717, 1.165) is 38.6 Å². The van der Waals surface area contributed by atoms with Crippen LogP contribution >= 0.6 is 59.7 Å². The summed E-state index contributed by atoms with van der Waals surface area (Å²) in [6.45, 7) is 3.23. The molecule has 5 rings (SSSR count). The molecule has 2 fully saturated rings. The summed E-state index contributed by atoms with van der Waals surface area (Å²) in [5.41, 5.74) is 6.97. The molecule has 1 saturated heterocycles. The molecule has 2 aliphatic heterocycles. The van der Waals surface area contributed by atoms with Gasteiger partial charge in [0.25, 0.3) is 5.91 Å². The lowest BCUT2D eigenvalue weighted by Crippen LogP contribution is -2.70. The SMILES string of the molecule is CCCC(OC(=O)C1=C(CSc2nnnn2CCN(C)C)CS[C@H]2[C@H](NC(=O)Cc3csc(N)n3)C(=O)N12)OC(=O)C1CCCCC1.Cl.Cl. The summed E-state index contributed by atoms with van der Waals surface area (Å²) >= 11 is 4.04. The van der Waals surface area contributed by atoms with Crippen LogP contribution in [0.25, 0.3) is 0 Å². The normalized spacial score (nSPS) is 19.7. The number of nitrogens with zero attached hydrogens (tertiary/aromatic N) is 7. The minimum Gasteiger partial charge on any atom is -0.425 e. The van der Waals surface area contributed by atoms with Gasteiger partial charge in [0.05, 0.1) is 24.6 Å². The van der Waals surface area contributed by atoms with Crippen LogP contribution in [0.15, 0.2) is 21.8 Å². The molecule has 3 aliphatic rings. The summed E-state index contributed by atoms with van der Waals surface area (Å²) in [6.07, 6.45) is 4.40. The molecule has 0 spiro atoms. The zero-order valence-corrected chi connectivity index (χ0v) is 31.7. The van der Waals surface area contributed by atoms with Crippen molar-refractivity contribution in [2.75, 3.05) is 37.9 Å². The first-order valence-corrected chi connectivity index (χ1v) is 18.7. The van der Waals surface area contributed by atoms with Gasteiger partial charge in [0.2, 0.25) is 17.4 Å². The van der Waals surface area contributed by atoms with Gasteiger partial charge >= 0.3 is 11.9 Å². The van der Waals surface area contributed by atoms with Gasteiger partial charge in [-0.2, -0.15) is 0 Å². The molecular weight excluding hydrogens is 737 g/mol. The number of nitrogens with two attached hydrogens (primary N) is 1. The van der Waals surface area contributed by atoms with Gasteiger partial charge in [-0.05, 0) is 49.4 Å². The maximum atomic E-state index is 13.9. The maximum Gasteiger partial charge on any atom is 0.358 e. The fourth-order valence-corrected chi connectivity index (χ4v) is 8.53. The van der Waals surface area contributed by atoms with Crippen LogP contribution in [-0.2, 0) is 41.6 Å². The fraction of sp³-hybridized carbons (Fsp3) is 0.655. The maximum absolute atomic E-state index is 13.9. The van der Waals surface area contributed by atoms with E-state index >= 15 is 0 Å². The Morgan fingerprint density at radius 3 is 2.61 bits per heavy atom. The summed E-state index contributed by atoms with van der Waals surface area (Å²) in [7, 11) is 3.92. The lowest BCUT2D eigenvalue weighted by molar-refractivity contribution is -0.192. The number of β-lactam (4-membered cyclic amide) rings is 1. The zero-order valence-electron chi connectivity index (χ0n) is 27.6. The van der Waals surface area contributed by atoms with Gasteiger partial charge in [-0.15, -0.1) is 53.0 Å². The standard InChI is InChI=1S/C29H41N9O6S3.2ClH/c1-4-8-21(43-26(41)17-9-6-5-7-10-17)44-27(42)23-18(15-47-29-33-34-35-37(29)12-11-36(2)3)14-45-25-22(24(40)38(23)25)32-20(39)13-19-16-46-28(30)31-19;;/h16-17,21-22,25H,4-15H2,1-3H3,(H2,30,31)(H,32,39);2*1H/t21?,22-,25+;;/m1../s1.